The lowest BCUT2D eigenvalue weighted by Gasteiger charge is -2.50. The minimum absolute atomic E-state index is 0.00115. The Morgan fingerprint density at radius 3 is 2.50 bits per heavy atom. The lowest BCUT2D eigenvalue weighted by Crippen LogP contribution is -2.71. The third-order valence-corrected chi connectivity index (χ3v) is 11.4. The monoisotopic (exact) mass is 780 g/mol. The number of rotatable bonds is 14. The first-order valence-corrected chi connectivity index (χ1v) is 18.5. The van der Waals surface area contributed by atoms with Crippen LogP contribution in [0.25, 0.3) is 0 Å². The van der Waals surface area contributed by atoms with E-state index < -0.39 is 64.6 Å². The molecular weight excluding hydrogens is 742 g/mol. The molecule has 4 heterocycles. The molecule has 0 unspecified atom stereocenters. The van der Waals surface area contributed by atoms with Crippen LogP contribution in [0.15, 0.2) is 34.6 Å². The van der Waals surface area contributed by atoms with Crippen LogP contribution in [-0.2, 0) is 28.8 Å². The summed E-state index contributed by atoms with van der Waals surface area (Å²) in [6.07, 6.45) is 0.463. The average Bonchev–Trinajstić information content (AvgIpc) is 3.70. The number of fused-ring (bicyclic) bond motifs is 1. The zero-order valence-corrected chi connectivity index (χ0v) is 30.8. The fraction of sp³-hybridized carbons (Fsp3) is 0.469. The summed E-state index contributed by atoms with van der Waals surface area (Å²) in [5.74, 6) is -4.82. The molecule has 3 aliphatic heterocycles. The third kappa shape index (κ3) is 8.06. The predicted octanol–water partition coefficient (Wildman–Crippen LogP) is 1.49. The molecule has 0 aliphatic carbocycles. The van der Waals surface area contributed by atoms with Gasteiger partial charge in [-0.15, -0.1) is 11.8 Å². The number of anilines is 1. The van der Waals surface area contributed by atoms with Gasteiger partial charge >= 0.3 is 11.9 Å². The molecule has 0 spiro atoms. The smallest absolute Gasteiger partial charge is 0.355 e. The van der Waals surface area contributed by atoms with Gasteiger partial charge in [-0.1, -0.05) is 41.9 Å². The molecule has 3 amide bonds. The molecule has 2 fully saturated rings. The molecule has 280 valence electrons. The molecule has 0 saturated carbocycles. The number of thioether (sulfide) groups is 1. The number of carbonyl (C=O) groups excluding carboxylic acids is 4. The van der Waals surface area contributed by atoms with Crippen molar-refractivity contribution < 1.29 is 53.3 Å². The lowest BCUT2D eigenvalue weighted by molar-refractivity contribution is -0.911. The number of esters is 1. The van der Waals surface area contributed by atoms with Crippen molar-refractivity contribution in [2.45, 2.75) is 44.2 Å². The lowest BCUT2D eigenvalue weighted by atomic mass is 10.0. The maximum atomic E-state index is 13.7. The highest BCUT2D eigenvalue weighted by Crippen LogP contribution is 2.42. The summed E-state index contributed by atoms with van der Waals surface area (Å²) in [7, 11) is 1.22. The molecule has 1 aromatic heterocycles. The number of carbonyl (C=O) groups is 5. The van der Waals surface area contributed by atoms with E-state index in [1.54, 1.807) is 13.8 Å². The summed E-state index contributed by atoms with van der Waals surface area (Å²) in [4.78, 5) is 75.6. The number of halogens is 1. The molecular formula is C32H39ClN7O10S2+. The number of β-lactam (4-membered cyclic amide) rings is 1. The van der Waals surface area contributed by atoms with Crippen molar-refractivity contribution in [3.8, 4) is 11.5 Å². The highest BCUT2D eigenvalue weighted by molar-refractivity contribution is 8.00. The first kappa shape index (κ1) is 38.6. The van der Waals surface area contributed by atoms with Crippen LogP contribution in [0.5, 0.6) is 11.5 Å². The zero-order valence-electron chi connectivity index (χ0n) is 28.5. The number of likely N-dealkylation sites (tertiary alicyclic amines) is 1. The van der Waals surface area contributed by atoms with Crippen molar-refractivity contribution in [1.82, 2.24) is 20.5 Å². The summed E-state index contributed by atoms with van der Waals surface area (Å²) in [6, 6.07) is 2.73. The molecule has 3 atom stereocenters. The van der Waals surface area contributed by atoms with Gasteiger partial charge in [-0.3, -0.25) is 19.3 Å². The van der Waals surface area contributed by atoms with Crippen LogP contribution in [0.4, 0.5) is 5.13 Å². The van der Waals surface area contributed by atoms with Crippen LogP contribution >= 0.6 is 34.7 Å². The van der Waals surface area contributed by atoms with Crippen LogP contribution in [0.3, 0.4) is 0 Å². The van der Waals surface area contributed by atoms with E-state index in [0.717, 1.165) is 37.3 Å². The molecule has 7 N–H and O–H groups in total. The molecule has 5 rings (SSSR count). The highest BCUT2D eigenvalue weighted by atomic mass is 35.5. The van der Waals surface area contributed by atoms with E-state index in [0.29, 0.717) is 35.4 Å². The van der Waals surface area contributed by atoms with E-state index in [9.17, 15) is 39.3 Å². The minimum atomic E-state index is -1.40. The molecule has 2 saturated heterocycles. The number of aromatic hydroxyl groups is 2. The van der Waals surface area contributed by atoms with Gasteiger partial charge < -0.3 is 45.7 Å². The van der Waals surface area contributed by atoms with Gasteiger partial charge in [0.15, 0.2) is 22.3 Å². The molecule has 3 aliphatic rings. The summed E-state index contributed by atoms with van der Waals surface area (Å²) < 4.78 is 5.66. The van der Waals surface area contributed by atoms with Crippen LogP contribution in [-0.4, -0.2) is 128 Å². The number of oxime groups is 1. The quantitative estimate of drug-likeness (QED) is 0.0398. The Morgan fingerprint density at radius 1 is 1.19 bits per heavy atom. The van der Waals surface area contributed by atoms with Gasteiger partial charge in [0.05, 0.1) is 33.3 Å². The number of benzene rings is 1. The summed E-state index contributed by atoms with van der Waals surface area (Å²) in [5, 5.41) is 37.5. The van der Waals surface area contributed by atoms with E-state index in [2.05, 4.69) is 20.8 Å². The number of hydrogen-bond acceptors (Lipinski definition) is 14. The zero-order chi connectivity index (χ0) is 37.9. The van der Waals surface area contributed by atoms with E-state index in [-0.39, 0.29) is 32.2 Å². The molecule has 1 aromatic carbocycles. The third-order valence-electron chi connectivity index (χ3n) is 9.01. The van der Waals surface area contributed by atoms with Gasteiger partial charge in [-0.05, 0) is 18.2 Å². The Balaban J connectivity index is 1.33. The van der Waals surface area contributed by atoms with Gasteiger partial charge in [-0.2, -0.15) is 0 Å². The molecule has 2 aromatic rings. The van der Waals surface area contributed by atoms with Gasteiger partial charge in [0, 0.05) is 35.6 Å². The number of aliphatic carboxylic acids is 1. The van der Waals surface area contributed by atoms with Gasteiger partial charge in [0.1, 0.15) is 33.7 Å². The number of nitrogens with zero attached hydrogens (tertiary/aromatic N) is 4. The maximum absolute atomic E-state index is 13.7. The first-order chi connectivity index (χ1) is 24.7. The van der Waals surface area contributed by atoms with Gasteiger partial charge in [0.2, 0.25) is 6.10 Å². The number of nitrogens with two attached hydrogens (primary N) is 1. The van der Waals surface area contributed by atoms with Crippen LogP contribution in [0, 0.1) is 5.92 Å². The summed E-state index contributed by atoms with van der Waals surface area (Å²) >= 11 is 8.49. The Kier molecular flexibility index (Phi) is 11.9. The van der Waals surface area contributed by atoms with Crippen molar-refractivity contribution in [2.24, 2.45) is 11.1 Å². The highest BCUT2D eigenvalue weighted by Gasteiger charge is 2.55. The van der Waals surface area contributed by atoms with Crippen molar-refractivity contribution in [1.29, 1.82) is 0 Å². The summed E-state index contributed by atoms with van der Waals surface area (Å²) in [6.45, 7) is 6.00. The largest absolute Gasteiger partial charge is 0.504 e. The number of nitrogen functional groups attached to an aromatic ring is 1. The number of thiazole rings is 1. The second-order valence-corrected chi connectivity index (χ2v) is 15.6. The number of carboxylic acids is 1. The molecule has 52 heavy (non-hydrogen) atoms. The molecule has 20 heteroatoms. The fourth-order valence-electron chi connectivity index (χ4n) is 6.36. The number of quaternary nitrogens is 1. The molecule has 0 radical (unpaired) electrons. The first-order valence-electron chi connectivity index (χ1n) is 16.3. The van der Waals surface area contributed by atoms with Crippen molar-refractivity contribution >= 4 is 75.2 Å². The maximum Gasteiger partial charge on any atom is 0.355 e. The van der Waals surface area contributed by atoms with E-state index >= 15 is 0 Å². The number of aromatic nitrogens is 1. The second kappa shape index (κ2) is 16.0. The van der Waals surface area contributed by atoms with Crippen molar-refractivity contribution in [3.05, 3.63) is 45.1 Å². The van der Waals surface area contributed by atoms with Crippen LogP contribution in [0.2, 0.25) is 4.34 Å². The number of phenols is 2. The SMILES string of the molecule is COC(=O)C1=C(C[N+]2(CCNC(=O)c3ccc(O)c(O)c3)CCCC2)CS[C@@H]2[C@H](NC(=O)/C(=N\O[C@H](C(=O)O)C(C)C)c3nc(N)sc3Cl)C(=O)N12. The number of phenolic OH excluding ortho intramolecular Hbond substituents is 2. The van der Waals surface area contributed by atoms with Crippen molar-refractivity contribution in [2.75, 3.05) is 51.3 Å². The van der Waals surface area contributed by atoms with E-state index in [4.69, 9.17) is 26.9 Å². The average molecular weight is 781 g/mol. The Bertz CT molecular complexity index is 1830. The number of nitrogens with one attached hydrogen (secondary N) is 2. The Hall–Kier alpha value is -4.59. The predicted molar refractivity (Wildman–Crippen MR) is 191 cm³/mol. The molecule has 0 bridgehead atoms. The Labute approximate surface area is 311 Å². The Morgan fingerprint density at radius 2 is 1.90 bits per heavy atom. The van der Waals surface area contributed by atoms with Gasteiger partial charge in [-0.25, -0.2) is 14.6 Å². The number of hydrogen-bond donors (Lipinski definition) is 6. The number of methoxy groups -OCH3 is 1. The van der Waals surface area contributed by atoms with Crippen LogP contribution in [0.1, 0.15) is 42.7 Å². The summed E-state index contributed by atoms with van der Waals surface area (Å²) in [5.41, 5.74) is 6.14. The van der Waals surface area contributed by atoms with Gasteiger partial charge in [0.25, 0.3) is 17.7 Å². The fourth-order valence-corrected chi connectivity index (χ4v) is 8.63. The standard InChI is InChI=1S/C32H38ClN7O10S2/c1-15(2)24(30(46)47)50-38-21(20-25(33)52-32(34)37-20)27(44)36-22-28(45)39-23(31(48)49-3)17(14-51-29(22)39)13-40(9-4-5-10-40)11-8-35-26(43)16-6-7-18(41)19(42)12-16/h6-7,12,15,22,24,29H,4-5,8-11,13-14H2,1-3H3,(H6-,34,35,36,37,38,41,42,43,44,46,47)/p+1/t22-,24+,29-/m1/s1. The molecule has 17 nitrogen and oxygen atoms in total. The normalized spacial score (nSPS) is 20.2. The topological polar surface area (TPSA) is 243 Å². The number of amides is 3. The van der Waals surface area contributed by atoms with Crippen LogP contribution < -0.4 is 16.4 Å². The number of carboxylic acid groups (broad SMARTS) is 1. The second-order valence-electron chi connectivity index (χ2n) is 12.9. The van der Waals surface area contributed by atoms with E-state index in [1.807, 2.05) is 0 Å². The number of ether oxygens (including phenoxy) is 1. The van der Waals surface area contributed by atoms with Crippen molar-refractivity contribution in [3.63, 3.8) is 0 Å². The minimum Gasteiger partial charge on any atom is -0.504 e. The van der Waals surface area contributed by atoms with E-state index in [1.165, 1.54) is 42.0 Å².